The van der Waals surface area contributed by atoms with Crippen molar-refractivity contribution in [3.8, 4) is 0 Å². The van der Waals surface area contributed by atoms with Gasteiger partial charge in [-0.05, 0) is 136 Å². The number of aromatic nitrogens is 6. The van der Waals surface area contributed by atoms with Gasteiger partial charge >= 0.3 is 11.9 Å². The smallest absolute Gasteiger partial charge is 0.306 e. The lowest BCUT2D eigenvalue weighted by Crippen LogP contribution is -2.09. The molecule has 2 aliphatic rings. The number of methoxy groups -OCH3 is 1. The number of unbranched alkanes of at least 4 members (excludes halogenated alkanes) is 6. The Morgan fingerprint density at radius 2 is 1.04 bits per heavy atom. The van der Waals surface area contributed by atoms with Crippen molar-refractivity contribution in [2.75, 3.05) is 7.11 Å². The topological polar surface area (TPSA) is 141 Å². The summed E-state index contributed by atoms with van der Waals surface area (Å²) < 4.78 is 4.85. The Bertz CT molecular complexity index is 1740. The second kappa shape index (κ2) is 23.3. The van der Waals surface area contributed by atoms with Crippen LogP contribution in [0.25, 0.3) is 0 Å². The summed E-state index contributed by atoms with van der Waals surface area (Å²) in [6.45, 7) is 0. The third kappa shape index (κ3) is 14.5. The van der Waals surface area contributed by atoms with Crippen LogP contribution in [0.15, 0.2) is 61.7 Å². The lowest BCUT2D eigenvalue weighted by atomic mass is 9.92. The van der Waals surface area contributed by atoms with Crippen LogP contribution in [0.3, 0.4) is 0 Å². The highest BCUT2D eigenvalue weighted by Crippen LogP contribution is 2.27. The lowest BCUT2D eigenvalue weighted by Gasteiger charge is -2.16. The molecule has 0 saturated carbocycles. The monoisotopic (exact) mass is 748 g/mol. The molecule has 55 heavy (non-hydrogen) atoms. The molecule has 0 radical (unpaired) electrons. The SMILES string of the molecule is COC(=O)C[C@H](CCCCCCc1ccc2c(n1)CCCC2)c1cncnc1.O=C(O)C[C@H](CCCCCCc1ccc2c(n1)CCCC2)c1cncnc1. The zero-order valence-corrected chi connectivity index (χ0v) is 32.8. The number of carboxylic acid groups (broad SMARTS) is 1. The largest absolute Gasteiger partial charge is 0.481 e. The van der Waals surface area contributed by atoms with Gasteiger partial charge in [0.2, 0.25) is 0 Å². The molecular weight excluding hydrogens is 689 g/mol. The highest BCUT2D eigenvalue weighted by molar-refractivity contribution is 5.70. The number of aryl methyl sites for hydroxylation is 6. The number of aliphatic carboxylic acids is 1. The van der Waals surface area contributed by atoms with E-state index in [2.05, 4.69) is 44.2 Å². The molecule has 1 N–H and O–H groups in total. The van der Waals surface area contributed by atoms with Gasteiger partial charge in [-0.2, -0.15) is 0 Å². The second-order valence-corrected chi connectivity index (χ2v) is 15.3. The summed E-state index contributed by atoms with van der Waals surface area (Å²) in [5, 5.41) is 9.15. The highest BCUT2D eigenvalue weighted by atomic mass is 16.5. The van der Waals surface area contributed by atoms with Crippen LogP contribution in [0.1, 0.15) is 160 Å². The summed E-state index contributed by atoms with van der Waals surface area (Å²) in [5.41, 5.74) is 9.96. The summed E-state index contributed by atoms with van der Waals surface area (Å²) in [6.07, 6.45) is 33.4. The summed E-state index contributed by atoms with van der Waals surface area (Å²) in [6, 6.07) is 8.97. The minimum absolute atomic E-state index is 0.00557. The van der Waals surface area contributed by atoms with Gasteiger partial charge < -0.3 is 9.84 Å². The zero-order chi connectivity index (χ0) is 38.5. The third-order valence-electron chi connectivity index (χ3n) is 11.1. The molecule has 6 rings (SSSR count). The Balaban J connectivity index is 0.000000211. The minimum Gasteiger partial charge on any atom is -0.481 e. The molecule has 0 aliphatic heterocycles. The maximum Gasteiger partial charge on any atom is 0.306 e. The number of rotatable bonds is 20. The molecule has 10 nitrogen and oxygen atoms in total. The number of ether oxygens (including phenoxy) is 1. The van der Waals surface area contributed by atoms with E-state index in [0.29, 0.717) is 6.42 Å². The van der Waals surface area contributed by atoms with Gasteiger partial charge in [-0.15, -0.1) is 0 Å². The van der Waals surface area contributed by atoms with Crippen molar-refractivity contribution in [2.45, 2.75) is 153 Å². The molecule has 0 saturated heterocycles. The Labute approximate surface area is 327 Å². The van der Waals surface area contributed by atoms with Gasteiger partial charge in [0.25, 0.3) is 0 Å². The molecule has 0 spiro atoms. The van der Waals surface area contributed by atoms with Crippen LogP contribution in [0.2, 0.25) is 0 Å². The standard InChI is InChI=1S/C23H31N3O2.C22H29N3O2/c1-28-23(27)14-19(20-15-24-17-25-16-20)9-4-2-3-5-10-21-13-12-18-8-6-7-11-22(18)26-21;26-22(27)13-18(19-14-23-16-24-15-19)8-3-1-2-4-9-20-12-11-17-7-5-6-10-21(17)25-20/h12-13,15-17,19H,2-11,14H2,1H3;11-12,14-16,18H,1-10,13H2,(H,26,27)/t19-;18-/m00/s1. The fraction of sp³-hybridized carbons (Fsp3) is 0.556. The van der Waals surface area contributed by atoms with Crippen molar-refractivity contribution >= 4 is 11.9 Å². The van der Waals surface area contributed by atoms with Crippen LogP contribution >= 0.6 is 0 Å². The van der Waals surface area contributed by atoms with E-state index in [1.165, 1.54) is 105 Å². The molecule has 4 aromatic heterocycles. The molecule has 2 atom stereocenters. The van der Waals surface area contributed by atoms with Crippen molar-refractivity contribution in [3.05, 3.63) is 107 Å². The van der Waals surface area contributed by atoms with Crippen LogP contribution in [0.4, 0.5) is 0 Å². The van der Waals surface area contributed by atoms with Gasteiger partial charge in [0, 0.05) is 47.6 Å². The van der Waals surface area contributed by atoms with Gasteiger partial charge in [0.15, 0.2) is 0 Å². The molecule has 4 aromatic rings. The van der Waals surface area contributed by atoms with Gasteiger partial charge in [-0.25, -0.2) is 19.9 Å². The number of esters is 1. The number of nitrogens with zero attached hydrogens (tertiary/aromatic N) is 6. The predicted octanol–water partition coefficient (Wildman–Crippen LogP) is 9.09. The first-order valence-electron chi connectivity index (χ1n) is 20.7. The van der Waals surface area contributed by atoms with Crippen molar-refractivity contribution in [1.29, 1.82) is 0 Å². The Kier molecular flexibility index (Phi) is 17.6. The summed E-state index contributed by atoms with van der Waals surface area (Å²) in [7, 11) is 1.44. The van der Waals surface area contributed by atoms with Gasteiger partial charge in [-0.1, -0.05) is 50.7 Å². The normalized spacial score (nSPS) is 14.4. The van der Waals surface area contributed by atoms with Crippen LogP contribution < -0.4 is 0 Å². The number of hydrogen-bond donors (Lipinski definition) is 1. The van der Waals surface area contributed by atoms with Crippen LogP contribution in [-0.2, 0) is 52.9 Å². The lowest BCUT2D eigenvalue weighted by molar-refractivity contribution is -0.141. The van der Waals surface area contributed by atoms with E-state index in [1.54, 1.807) is 12.4 Å². The number of pyridine rings is 2. The Hall–Kier alpha value is -4.60. The molecule has 10 heteroatoms. The van der Waals surface area contributed by atoms with Gasteiger partial charge in [0.05, 0.1) is 20.0 Å². The number of fused-ring (bicyclic) bond motifs is 2. The fourth-order valence-electron chi connectivity index (χ4n) is 7.95. The second-order valence-electron chi connectivity index (χ2n) is 15.3. The number of hydrogen-bond acceptors (Lipinski definition) is 9. The van der Waals surface area contributed by atoms with E-state index in [4.69, 9.17) is 19.8 Å². The molecule has 294 valence electrons. The van der Waals surface area contributed by atoms with E-state index in [9.17, 15) is 9.59 Å². The zero-order valence-electron chi connectivity index (χ0n) is 32.8. The molecule has 2 aliphatic carbocycles. The van der Waals surface area contributed by atoms with Gasteiger partial charge in [-0.3, -0.25) is 19.6 Å². The average Bonchev–Trinajstić information content (AvgIpc) is 3.23. The van der Waals surface area contributed by atoms with Crippen LogP contribution in [0, 0.1) is 0 Å². The van der Waals surface area contributed by atoms with Crippen molar-refractivity contribution in [2.24, 2.45) is 0 Å². The summed E-state index contributed by atoms with van der Waals surface area (Å²) in [4.78, 5) is 48.8. The van der Waals surface area contributed by atoms with E-state index in [1.807, 2.05) is 12.4 Å². The van der Waals surface area contributed by atoms with Crippen molar-refractivity contribution in [3.63, 3.8) is 0 Å². The Morgan fingerprint density at radius 1 is 0.600 bits per heavy atom. The predicted molar refractivity (Wildman–Crippen MR) is 214 cm³/mol. The van der Waals surface area contributed by atoms with E-state index in [-0.39, 0.29) is 24.2 Å². The van der Waals surface area contributed by atoms with E-state index < -0.39 is 5.97 Å². The maximum absolute atomic E-state index is 11.7. The highest BCUT2D eigenvalue weighted by Gasteiger charge is 2.18. The Morgan fingerprint density at radius 3 is 1.49 bits per heavy atom. The number of carbonyl (C=O) groups is 2. The van der Waals surface area contributed by atoms with Crippen LogP contribution in [0.5, 0.6) is 0 Å². The first-order valence-corrected chi connectivity index (χ1v) is 20.7. The minimum atomic E-state index is -0.762. The van der Waals surface area contributed by atoms with Crippen molar-refractivity contribution in [1.82, 2.24) is 29.9 Å². The molecular formula is C45H60N6O4. The number of carboxylic acids is 1. The summed E-state index contributed by atoms with van der Waals surface area (Å²) in [5.74, 6) is -0.795. The first-order chi connectivity index (χ1) is 27.0. The first kappa shape index (κ1) is 41.6. The molecule has 4 heterocycles. The summed E-state index contributed by atoms with van der Waals surface area (Å²) >= 11 is 0. The van der Waals surface area contributed by atoms with Crippen molar-refractivity contribution < 1.29 is 19.4 Å². The molecule has 0 bridgehead atoms. The quantitative estimate of drug-likeness (QED) is 0.0687. The third-order valence-corrected chi connectivity index (χ3v) is 11.1. The van der Waals surface area contributed by atoms with Crippen LogP contribution in [-0.4, -0.2) is 54.1 Å². The molecule has 0 aromatic carbocycles. The average molecular weight is 749 g/mol. The maximum atomic E-state index is 11.7. The van der Waals surface area contributed by atoms with E-state index in [0.717, 1.165) is 88.2 Å². The number of carbonyl (C=O) groups excluding carboxylic acids is 1. The molecule has 0 fully saturated rings. The fourth-order valence-corrected chi connectivity index (χ4v) is 7.95. The molecule has 0 amide bonds. The van der Waals surface area contributed by atoms with Gasteiger partial charge in [0.1, 0.15) is 12.7 Å². The van der Waals surface area contributed by atoms with E-state index >= 15 is 0 Å². The molecule has 0 unspecified atom stereocenters.